The van der Waals surface area contributed by atoms with E-state index in [4.69, 9.17) is 10.5 Å². The Morgan fingerprint density at radius 2 is 1.74 bits per heavy atom. The predicted molar refractivity (Wildman–Crippen MR) is 85.5 cm³/mol. The second kappa shape index (κ2) is 7.22. The number of nitrogens with two attached hydrogens (primary N) is 1. The Hall–Kier alpha value is -3.15. The second-order valence-electron chi connectivity index (χ2n) is 4.86. The zero-order valence-corrected chi connectivity index (χ0v) is 12.5. The van der Waals surface area contributed by atoms with E-state index >= 15 is 0 Å². The number of rotatable bonds is 6. The van der Waals surface area contributed by atoms with Gasteiger partial charge in [-0.3, -0.25) is 14.4 Å². The van der Waals surface area contributed by atoms with Crippen LogP contribution in [-0.2, 0) is 4.79 Å². The summed E-state index contributed by atoms with van der Waals surface area (Å²) in [4.78, 5) is 34.1. The third-order valence-corrected chi connectivity index (χ3v) is 3.06. The molecule has 0 aliphatic heterocycles. The number of hydrogen-bond donors (Lipinski definition) is 2. The van der Waals surface area contributed by atoms with E-state index in [9.17, 15) is 14.4 Å². The van der Waals surface area contributed by atoms with Gasteiger partial charge in [0, 0.05) is 16.8 Å². The lowest BCUT2D eigenvalue weighted by Crippen LogP contribution is -2.20. The van der Waals surface area contributed by atoms with E-state index in [0.29, 0.717) is 22.6 Å². The van der Waals surface area contributed by atoms with Gasteiger partial charge in [-0.2, -0.15) is 0 Å². The van der Waals surface area contributed by atoms with Crippen LogP contribution in [0, 0.1) is 0 Å². The zero-order chi connectivity index (χ0) is 16.8. The Kier molecular flexibility index (Phi) is 5.09. The third-order valence-electron chi connectivity index (χ3n) is 3.06. The van der Waals surface area contributed by atoms with E-state index in [0.717, 1.165) is 0 Å². The lowest BCUT2D eigenvalue weighted by molar-refractivity contribution is -0.118. The highest BCUT2D eigenvalue weighted by molar-refractivity contribution is 5.97. The number of nitrogens with one attached hydrogen (secondary N) is 1. The largest absolute Gasteiger partial charge is 0.484 e. The summed E-state index contributed by atoms with van der Waals surface area (Å²) in [6.45, 7) is 1.26. The molecule has 0 bridgehead atoms. The maximum atomic E-state index is 11.8. The van der Waals surface area contributed by atoms with Gasteiger partial charge in [0.05, 0.1) is 0 Å². The highest BCUT2D eigenvalue weighted by atomic mass is 16.5. The maximum absolute atomic E-state index is 11.8. The first kappa shape index (κ1) is 16.2. The molecule has 0 aliphatic rings. The summed E-state index contributed by atoms with van der Waals surface area (Å²) in [5.41, 5.74) is 6.54. The molecule has 0 aliphatic carbocycles. The monoisotopic (exact) mass is 312 g/mol. The topological polar surface area (TPSA) is 98.5 Å². The van der Waals surface area contributed by atoms with E-state index in [1.807, 2.05) is 0 Å². The summed E-state index contributed by atoms with van der Waals surface area (Å²) in [5.74, 6) is -0.515. The fourth-order valence-corrected chi connectivity index (χ4v) is 1.88. The van der Waals surface area contributed by atoms with Crippen molar-refractivity contribution in [2.24, 2.45) is 5.73 Å². The minimum Gasteiger partial charge on any atom is -0.484 e. The van der Waals surface area contributed by atoms with Crippen LogP contribution in [0.4, 0.5) is 5.69 Å². The molecule has 118 valence electrons. The van der Waals surface area contributed by atoms with E-state index in [2.05, 4.69) is 5.32 Å². The van der Waals surface area contributed by atoms with Crippen LogP contribution in [0.2, 0.25) is 0 Å². The average molecular weight is 312 g/mol. The van der Waals surface area contributed by atoms with Crippen LogP contribution >= 0.6 is 0 Å². The van der Waals surface area contributed by atoms with Crippen molar-refractivity contribution in [2.75, 3.05) is 11.9 Å². The molecule has 0 heterocycles. The van der Waals surface area contributed by atoms with Crippen LogP contribution in [0.25, 0.3) is 0 Å². The molecule has 0 fully saturated rings. The molecule has 0 unspecified atom stereocenters. The first-order valence-electron chi connectivity index (χ1n) is 6.89. The van der Waals surface area contributed by atoms with Gasteiger partial charge in [-0.05, 0) is 43.3 Å². The number of hydrogen-bond acceptors (Lipinski definition) is 4. The van der Waals surface area contributed by atoms with Crippen molar-refractivity contribution in [3.05, 3.63) is 59.7 Å². The van der Waals surface area contributed by atoms with Crippen molar-refractivity contribution >= 4 is 23.3 Å². The number of Topliss-reactive ketones (excluding diaryl/α,β-unsaturated/α-hetero) is 1. The molecular formula is C17H16N2O4. The van der Waals surface area contributed by atoms with Crippen molar-refractivity contribution in [2.45, 2.75) is 6.92 Å². The van der Waals surface area contributed by atoms with Gasteiger partial charge in [-0.1, -0.05) is 12.1 Å². The lowest BCUT2D eigenvalue weighted by Gasteiger charge is -2.08. The minimum atomic E-state index is -0.528. The molecular weight excluding hydrogens is 296 g/mol. The van der Waals surface area contributed by atoms with Gasteiger partial charge < -0.3 is 15.8 Å². The molecule has 0 aromatic heterocycles. The van der Waals surface area contributed by atoms with Crippen molar-refractivity contribution in [1.29, 1.82) is 0 Å². The van der Waals surface area contributed by atoms with Crippen LogP contribution in [0.15, 0.2) is 48.5 Å². The van der Waals surface area contributed by atoms with Gasteiger partial charge in [0.1, 0.15) is 5.75 Å². The average Bonchev–Trinajstić information content (AvgIpc) is 2.53. The summed E-state index contributed by atoms with van der Waals surface area (Å²) in [7, 11) is 0. The fourth-order valence-electron chi connectivity index (χ4n) is 1.88. The van der Waals surface area contributed by atoms with Crippen molar-refractivity contribution in [1.82, 2.24) is 0 Å². The SMILES string of the molecule is CC(=O)c1cccc(NC(=O)COc2ccc(C(N)=O)cc2)c1. The Labute approximate surface area is 133 Å². The molecule has 0 saturated heterocycles. The molecule has 2 aromatic carbocycles. The molecule has 0 spiro atoms. The Bertz CT molecular complexity index is 739. The van der Waals surface area contributed by atoms with E-state index in [-0.39, 0.29) is 18.3 Å². The Morgan fingerprint density at radius 3 is 2.35 bits per heavy atom. The Morgan fingerprint density at radius 1 is 1.04 bits per heavy atom. The number of anilines is 1. The molecule has 2 amide bonds. The summed E-state index contributed by atoms with van der Waals surface area (Å²) < 4.78 is 5.32. The first-order valence-corrected chi connectivity index (χ1v) is 6.89. The van der Waals surface area contributed by atoms with Gasteiger partial charge in [-0.25, -0.2) is 0 Å². The summed E-state index contributed by atoms with van der Waals surface area (Å²) in [5, 5.41) is 2.65. The number of primary amides is 1. The van der Waals surface area contributed by atoms with Crippen LogP contribution in [0.1, 0.15) is 27.6 Å². The van der Waals surface area contributed by atoms with Crippen LogP contribution in [0.3, 0.4) is 0 Å². The first-order chi connectivity index (χ1) is 11.0. The standard InChI is InChI=1S/C17H16N2O4/c1-11(20)13-3-2-4-14(9-13)19-16(21)10-23-15-7-5-12(6-8-15)17(18)22/h2-9H,10H2,1H3,(H2,18,22)(H,19,21). The predicted octanol–water partition coefficient (Wildman–Crippen LogP) is 2.01. The van der Waals surface area contributed by atoms with Gasteiger partial charge in [-0.15, -0.1) is 0 Å². The molecule has 0 radical (unpaired) electrons. The number of carbonyl (C=O) groups is 3. The number of ketones is 1. The minimum absolute atomic E-state index is 0.0770. The number of carbonyl (C=O) groups excluding carboxylic acids is 3. The lowest BCUT2D eigenvalue weighted by atomic mass is 10.1. The molecule has 6 nitrogen and oxygen atoms in total. The van der Waals surface area contributed by atoms with Gasteiger partial charge in [0.15, 0.2) is 12.4 Å². The smallest absolute Gasteiger partial charge is 0.262 e. The van der Waals surface area contributed by atoms with Crippen LogP contribution < -0.4 is 15.8 Å². The summed E-state index contributed by atoms with van der Waals surface area (Å²) >= 11 is 0. The highest BCUT2D eigenvalue weighted by Gasteiger charge is 2.06. The molecule has 3 N–H and O–H groups in total. The highest BCUT2D eigenvalue weighted by Crippen LogP contribution is 2.13. The Balaban J connectivity index is 1.91. The van der Waals surface area contributed by atoms with Gasteiger partial charge in [0.2, 0.25) is 5.91 Å². The number of benzene rings is 2. The van der Waals surface area contributed by atoms with E-state index in [1.165, 1.54) is 19.1 Å². The molecule has 6 heteroatoms. The molecule has 0 atom stereocenters. The van der Waals surface area contributed by atoms with Gasteiger partial charge in [0.25, 0.3) is 5.91 Å². The maximum Gasteiger partial charge on any atom is 0.262 e. The quantitative estimate of drug-likeness (QED) is 0.797. The molecule has 2 aromatic rings. The summed E-state index contributed by atoms with van der Waals surface area (Å²) in [6.07, 6.45) is 0. The second-order valence-corrected chi connectivity index (χ2v) is 4.86. The normalized spacial score (nSPS) is 9.96. The molecule has 23 heavy (non-hydrogen) atoms. The summed E-state index contributed by atoms with van der Waals surface area (Å²) in [6, 6.07) is 12.8. The van der Waals surface area contributed by atoms with Crippen molar-refractivity contribution in [3.8, 4) is 5.75 Å². The van der Waals surface area contributed by atoms with Crippen LogP contribution in [0.5, 0.6) is 5.75 Å². The third kappa shape index (κ3) is 4.67. The van der Waals surface area contributed by atoms with E-state index < -0.39 is 5.91 Å². The fraction of sp³-hybridized carbons (Fsp3) is 0.118. The number of amides is 2. The van der Waals surface area contributed by atoms with Gasteiger partial charge >= 0.3 is 0 Å². The number of ether oxygens (including phenoxy) is 1. The molecule has 2 rings (SSSR count). The van der Waals surface area contributed by atoms with E-state index in [1.54, 1.807) is 36.4 Å². The van der Waals surface area contributed by atoms with Crippen molar-refractivity contribution < 1.29 is 19.1 Å². The zero-order valence-electron chi connectivity index (χ0n) is 12.5. The molecule has 0 saturated carbocycles. The van der Waals surface area contributed by atoms with Crippen molar-refractivity contribution in [3.63, 3.8) is 0 Å². The van der Waals surface area contributed by atoms with Crippen LogP contribution in [-0.4, -0.2) is 24.2 Å².